The molecule has 23 heavy (non-hydrogen) atoms. The molecule has 2 bridgehead atoms. The van der Waals surface area contributed by atoms with E-state index in [0.29, 0.717) is 17.7 Å². The van der Waals surface area contributed by atoms with Gasteiger partial charge in [0.15, 0.2) is 11.5 Å². The fraction of sp³-hybridized carbons (Fsp3) is 0.579. The number of aromatic hydroxyl groups is 1. The third-order valence-corrected chi connectivity index (χ3v) is 7.26. The number of likely N-dealkylation sites (tertiary alicyclic amines) is 1. The molecule has 2 aliphatic heterocycles. The molecular formula is C19H24NO3+. The van der Waals surface area contributed by atoms with Gasteiger partial charge in [0.25, 0.3) is 0 Å². The molecule has 0 radical (unpaired) electrons. The van der Waals surface area contributed by atoms with Gasteiger partial charge >= 0.3 is 0 Å². The Morgan fingerprint density at radius 1 is 1.35 bits per heavy atom. The zero-order chi connectivity index (χ0) is 16.0. The van der Waals surface area contributed by atoms with Gasteiger partial charge in [-0.2, -0.15) is 0 Å². The Kier molecular flexibility index (Phi) is 2.48. The molecule has 5 rings (SSSR count). The average molecular weight is 314 g/mol. The van der Waals surface area contributed by atoms with E-state index in [0.717, 1.165) is 30.4 Å². The Morgan fingerprint density at radius 3 is 2.96 bits per heavy atom. The van der Waals surface area contributed by atoms with Gasteiger partial charge in [0.1, 0.15) is 18.2 Å². The summed E-state index contributed by atoms with van der Waals surface area (Å²) in [5.41, 5.74) is 2.34. The quantitative estimate of drug-likeness (QED) is 0.613. The van der Waals surface area contributed by atoms with Crippen LogP contribution in [0.4, 0.5) is 0 Å². The Hall–Kier alpha value is -1.52. The number of likely N-dealkylation sites (N-methyl/N-ethyl adjacent to an activating group) is 1. The number of aliphatic hydroxyl groups is 1. The van der Waals surface area contributed by atoms with Crippen molar-refractivity contribution in [3.8, 4) is 11.5 Å². The Labute approximate surface area is 136 Å². The second-order valence-electron chi connectivity index (χ2n) is 7.97. The van der Waals surface area contributed by atoms with Gasteiger partial charge in [-0.3, -0.25) is 0 Å². The van der Waals surface area contributed by atoms with Crippen molar-refractivity contribution in [1.82, 2.24) is 0 Å². The molecule has 4 aliphatic rings. The lowest BCUT2D eigenvalue weighted by molar-refractivity contribution is -0.942. The van der Waals surface area contributed by atoms with Crippen LogP contribution in [0.3, 0.4) is 0 Å². The van der Waals surface area contributed by atoms with Gasteiger partial charge in [-0.1, -0.05) is 18.2 Å². The topological polar surface area (TPSA) is 49.7 Å². The third kappa shape index (κ3) is 1.41. The minimum absolute atomic E-state index is 0.159. The van der Waals surface area contributed by atoms with Crippen LogP contribution in [0.1, 0.15) is 24.5 Å². The summed E-state index contributed by atoms with van der Waals surface area (Å²) in [6, 6.07) is 4.35. The minimum atomic E-state index is -0.594. The zero-order valence-electron chi connectivity index (χ0n) is 13.7. The van der Waals surface area contributed by atoms with Gasteiger partial charge in [-0.15, -0.1) is 0 Å². The molecule has 1 aromatic carbocycles. The second-order valence-corrected chi connectivity index (χ2v) is 7.97. The normalized spacial score (nSPS) is 45.5. The highest BCUT2D eigenvalue weighted by Crippen LogP contribution is 2.63. The first-order valence-electron chi connectivity index (χ1n) is 8.74. The number of benzene rings is 1. The highest BCUT2D eigenvalue weighted by molar-refractivity contribution is 5.61. The van der Waals surface area contributed by atoms with E-state index in [-0.39, 0.29) is 17.3 Å². The Bertz CT molecular complexity index is 730. The molecule has 2 heterocycles. The van der Waals surface area contributed by atoms with E-state index in [1.807, 2.05) is 6.08 Å². The van der Waals surface area contributed by atoms with Crippen molar-refractivity contribution in [1.29, 1.82) is 0 Å². The molecule has 1 spiro atoms. The van der Waals surface area contributed by atoms with Crippen LogP contribution in [0.15, 0.2) is 24.3 Å². The van der Waals surface area contributed by atoms with Crippen molar-refractivity contribution in [2.45, 2.75) is 43.4 Å². The first-order valence-corrected chi connectivity index (χ1v) is 8.74. The van der Waals surface area contributed by atoms with Crippen molar-refractivity contribution in [2.75, 3.05) is 20.1 Å². The standard InChI is InChI=1S/C19H23NO3/c1-3-20(2)9-8-19-12-5-7-15(22)18(19)23-17-14(21)6-4-11(16(17)19)10-13(12)20/h4-7,12-13,15,18,22H,3,8-10H2,1-2H3/p+1/t12-,13+,15-,18-,19-,20?/m0/s1. The zero-order valence-corrected chi connectivity index (χ0v) is 13.7. The van der Waals surface area contributed by atoms with Crippen LogP contribution >= 0.6 is 0 Å². The maximum Gasteiger partial charge on any atom is 0.165 e. The minimum Gasteiger partial charge on any atom is -0.504 e. The molecule has 1 aromatic rings. The number of hydrogen-bond donors (Lipinski definition) is 2. The summed E-state index contributed by atoms with van der Waals surface area (Å²) in [6.07, 6.45) is 5.34. The van der Waals surface area contributed by atoms with Gasteiger partial charge < -0.3 is 19.4 Å². The lowest BCUT2D eigenvalue weighted by Crippen LogP contribution is -2.71. The SMILES string of the molecule is CC[N+]1(C)CC[C@]23c4c5ccc(O)c4O[C@H]2[C@@H](O)C=C[C@H]3[C@H]1C5. The number of aliphatic hydroxyl groups excluding tert-OH is 1. The maximum atomic E-state index is 10.6. The Morgan fingerprint density at radius 2 is 2.17 bits per heavy atom. The van der Waals surface area contributed by atoms with E-state index in [1.165, 1.54) is 11.1 Å². The van der Waals surface area contributed by atoms with Gasteiger partial charge in [-0.05, 0) is 18.6 Å². The summed E-state index contributed by atoms with van der Waals surface area (Å²) in [4.78, 5) is 0. The van der Waals surface area contributed by atoms with Crippen molar-refractivity contribution < 1.29 is 19.4 Å². The monoisotopic (exact) mass is 314 g/mol. The molecule has 4 heteroatoms. The average Bonchev–Trinajstić information content (AvgIpc) is 2.91. The van der Waals surface area contributed by atoms with Gasteiger partial charge in [-0.25, -0.2) is 0 Å². The molecule has 0 saturated carbocycles. The first kappa shape index (κ1) is 13.9. The summed E-state index contributed by atoms with van der Waals surface area (Å²) >= 11 is 0. The lowest BCUT2D eigenvalue weighted by atomic mass is 9.52. The predicted octanol–water partition coefficient (Wildman–Crippen LogP) is 1.73. The molecule has 1 unspecified atom stereocenters. The van der Waals surface area contributed by atoms with Crippen LogP contribution in [0.2, 0.25) is 0 Å². The summed E-state index contributed by atoms with van der Waals surface area (Å²) in [5, 5.41) is 20.9. The smallest absolute Gasteiger partial charge is 0.165 e. The fourth-order valence-electron chi connectivity index (χ4n) is 5.89. The summed E-state index contributed by atoms with van der Waals surface area (Å²) in [5.74, 6) is 1.23. The molecule has 1 saturated heterocycles. The van der Waals surface area contributed by atoms with Crippen LogP contribution in [0.5, 0.6) is 11.5 Å². The molecule has 122 valence electrons. The van der Waals surface area contributed by atoms with Crippen LogP contribution in [-0.4, -0.2) is 53.1 Å². The molecule has 4 nitrogen and oxygen atoms in total. The van der Waals surface area contributed by atoms with Crippen LogP contribution in [0.25, 0.3) is 0 Å². The molecule has 1 fully saturated rings. The number of quaternary nitrogens is 1. The molecule has 6 atom stereocenters. The van der Waals surface area contributed by atoms with Gasteiger partial charge in [0, 0.05) is 24.3 Å². The number of ether oxygens (including phenoxy) is 1. The summed E-state index contributed by atoms with van der Waals surface area (Å²) in [7, 11) is 2.37. The molecule has 2 N–H and O–H groups in total. The first-order chi connectivity index (χ1) is 11.0. The fourth-order valence-corrected chi connectivity index (χ4v) is 5.89. The highest BCUT2D eigenvalue weighted by Gasteiger charge is 2.67. The van der Waals surface area contributed by atoms with Crippen molar-refractivity contribution in [3.63, 3.8) is 0 Å². The van der Waals surface area contributed by atoms with E-state index < -0.39 is 6.10 Å². The molecule has 2 aliphatic carbocycles. The van der Waals surface area contributed by atoms with Crippen LogP contribution in [0, 0.1) is 5.92 Å². The van der Waals surface area contributed by atoms with E-state index in [2.05, 4.69) is 26.1 Å². The summed E-state index contributed by atoms with van der Waals surface area (Å²) < 4.78 is 7.24. The molecule has 0 amide bonds. The second kappa shape index (κ2) is 4.11. The van der Waals surface area contributed by atoms with Crippen LogP contribution < -0.4 is 4.74 Å². The molecule has 0 aromatic heterocycles. The van der Waals surface area contributed by atoms with E-state index in [4.69, 9.17) is 4.74 Å². The van der Waals surface area contributed by atoms with E-state index >= 15 is 0 Å². The lowest BCUT2D eigenvalue weighted by Gasteiger charge is -2.59. The predicted molar refractivity (Wildman–Crippen MR) is 86.5 cm³/mol. The maximum absolute atomic E-state index is 10.6. The number of piperidine rings is 1. The Balaban J connectivity index is 1.81. The summed E-state index contributed by atoms with van der Waals surface area (Å²) in [6.45, 7) is 4.51. The van der Waals surface area contributed by atoms with Crippen molar-refractivity contribution >= 4 is 0 Å². The van der Waals surface area contributed by atoms with Crippen LogP contribution in [-0.2, 0) is 11.8 Å². The molecular weight excluding hydrogens is 290 g/mol. The van der Waals surface area contributed by atoms with Gasteiger partial charge in [0.05, 0.1) is 25.6 Å². The van der Waals surface area contributed by atoms with E-state index in [1.54, 1.807) is 6.07 Å². The highest BCUT2D eigenvalue weighted by atomic mass is 16.5. The largest absolute Gasteiger partial charge is 0.504 e. The number of rotatable bonds is 1. The van der Waals surface area contributed by atoms with Crippen molar-refractivity contribution in [3.05, 3.63) is 35.4 Å². The number of hydrogen-bond acceptors (Lipinski definition) is 3. The number of nitrogens with zero attached hydrogens (tertiary/aromatic N) is 1. The number of phenols is 1. The van der Waals surface area contributed by atoms with Gasteiger partial charge in [0.2, 0.25) is 0 Å². The van der Waals surface area contributed by atoms with Crippen molar-refractivity contribution in [2.24, 2.45) is 5.92 Å². The van der Waals surface area contributed by atoms with E-state index in [9.17, 15) is 10.2 Å². The third-order valence-electron chi connectivity index (χ3n) is 7.26. The number of phenolic OH excluding ortho intramolecular Hbond substituents is 1.